The van der Waals surface area contributed by atoms with Gasteiger partial charge in [-0.3, -0.25) is 4.79 Å². The number of unbranched alkanes of at least 4 members (excludes halogenated alkanes) is 1. The Labute approximate surface area is 120 Å². The van der Waals surface area contributed by atoms with Crippen molar-refractivity contribution >= 4 is 5.97 Å². The van der Waals surface area contributed by atoms with Gasteiger partial charge < -0.3 is 9.84 Å². The fourth-order valence-corrected chi connectivity index (χ4v) is 3.86. The van der Waals surface area contributed by atoms with Crippen LogP contribution in [-0.4, -0.2) is 29.0 Å². The summed E-state index contributed by atoms with van der Waals surface area (Å²) in [6.07, 6.45) is 3.49. The molecule has 3 nitrogen and oxygen atoms in total. The molecule has 1 saturated heterocycles. The number of esters is 1. The predicted molar refractivity (Wildman–Crippen MR) is 75.0 cm³/mol. The lowest BCUT2D eigenvalue weighted by atomic mass is 9.82. The van der Waals surface area contributed by atoms with Crippen molar-refractivity contribution in [1.29, 1.82) is 0 Å². The number of hydrogen-bond donors (Lipinski definition) is 1. The zero-order chi connectivity index (χ0) is 14.8. The molecule has 1 aliphatic heterocycles. The summed E-state index contributed by atoms with van der Waals surface area (Å²) in [6, 6.07) is 0. The Hall–Kier alpha value is -0.640. The summed E-state index contributed by atoms with van der Waals surface area (Å²) in [5, 5.41) is 9.94. The molecule has 2 rings (SSSR count). The highest BCUT2D eigenvalue weighted by atomic mass is 19.1. The molecule has 2 fully saturated rings. The van der Waals surface area contributed by atoms with E-state index in [4.69, 9.17) is 4.74 Å². The van der Waals surface area contributed by atoms with Crippen LogP contribution in [0.4, 0.5) is 4.39 Å². The molecule has 0 unspecified atom stereocenters. The minimum absolute atomic E-state index is 0.126. The van der Waals surface area contributed by atoms with Crippen LogP contribution in [0.15, 0.2) is 0 Å². The van der Waals surface area contributed by atoms with Crippen molar-refractivity contribution in [2.45, 2.75) is 83.1 Å². The summed E-state index contributed by atoms with van der Waals surface area (Å²) in [6.45, 7) is 4.17. The van der Waals surface area contributed by atoms with E-state index in [2.05, 4.69) is 6.92 Å². The van der Waals surface area contributed by atoms with E-state index in [1.54, 1.807) is 0 Å². The molecule has 2 aliphatic rings. The van der Waals surface area contributed by atoms with E-state index in [0.717, 1.165) is 25.7 Å². The Balaban J connectivity index is 1.87. The van der Waals surface area contributed by atoms with Gasteiger partial charge >= 0.3 is 5.97 Å². The van der Waals surface area contributed by atoms with Gasteiger partial charge in [0.05, 0.1) is 12.5 Å². The third kappa shape index (κ3) is 3.16. The summed E-state index contributed by atoms with van der Waals surface area (Å²) in [7, 11) is 0. The second-order valence-electron chi connectivity index (χ2n) is 6.63. The van der Waals surface area contributed by atoms with Gasteiger partial charge in [-0.25, -0.2) is 4.39 Å². The van der Waals surface area contributed by atoms with E-state index in [1.807, 2.05) is 6.92 Å². The van der Waals surface area contributed by atoms with Gasteiger partial charge in [0.15, 0.2) is 0 Å². The molecule has 0 aromatic carbocycles. The Kier molecular flexibility index (Phi) is 5.05. The molecule has 1 heterocycles. The van der Waals surface area contributed by atoms with Crippen LogP contribution in [-0.2, 0) is 9.53 Å². The molecule has 116 valence electrons. The van der Waals surface area contributed by atoms with Gasteiger partial charge in [-0.2, -0.15) is 0 Å². The molecule has 4 heteroatoms. The smallest absolute Gasteiger partial charge is 0.306 e. The summed E-state index contributed by atoms with van der Waals surface area (Å²) >= 11 is 0. The summed E-state index contributed by atoms with van der Waals surface area (Å²) < 4.78 is 19.4. The first-order valence-corrected chi connectivity index (χ1v) is 8.02. The highest BCUT2D eigenvalue weighted by Crippen LogP contribution is 2.51. The number of alkyl halides is 1. The van der Waals surface area contributed by atoms with Crippen LogP contribution in [0.3, 0.4) is 0 Å². The molecule has 0 spiro atoms. The standard InChI is InChI=1S/C16H27FO3/c1-3-4-5-13(17)14(18)7-9-16-8-6-11(2)12(16)10-15(19)20-16/h11-14,18H,3-10H2,1-2H3/t11-,12-,13-,14-,16+/m1/s1. The average Bonchev–Trinajstić information content (AvgIpc) is 2.90. The topological polar surface area (TPSA) is 46.5 Å². The number of ether oxygens (including phenoxy) is 1. The molecule has 0 aromatic heterocycles. The fourth-order valence-electron chi connectivity index (χ4n) is 3.86. The van der Waals surface area contributed by atoms with Crippen LogP contribution in [0.25, 0.3) is 0 Å². The van der Waals surface area contributed by atoms with Crippen molar-refractivity contribution in [3.8, 4) is 0 Å². The monoisotopic (exact) mass is 286 g/mol. The fraction of sp³-hybridized carbons (Fsp3) is 0.938. The molecule has 1 aliphatic carbocycles. The maximum Gasteiger partial charge on any atom is 0.306 e. The number of rotatable bonds is 7. The molecule has 0 aromatic rings. The van der Waals surface area contributed by atoms with Gasteiger partial charge in [-0.1, -0.05) is 26.7 Å². The van der Waals surface area contributed by atoms with E-state index in [-0.39, 0.29) is 11.9 Å². The summed E-state index contributed by atoms with van der Waals surface area (Å²) in [5.41, 5.74) is -0.415. The van der Waals surface area contributed by atoms with Crippen LogP contribution in [0, 0.1) is 11.8 Å². The molecule has 0 amide bonds. The first kappa shape index (κ1) is 15.7. The minimum atomic E-state index is -1.15. The number of carbonyl (C=O) groups excluding carboxylic acids is 1. The molecule has 0 bridgehead atoms. The van der Waals surface area contributed by atoms with E-state index < -0.39 is 17.9 Å². The first-order valence-electron chi connectivity index (χ1n) is 8.02. The lowest BCUT2D eigenvalue weighted by Crippen LogP contribution is -2.35. The zero-order valence-electron chi connectivity index (χ0n) is 12.6. The maximum atomic E-state index is 13.8. The van der Waals surface area contributed by atoms with E-state index in [1.165, 1.54) is 0 Å². The lowest BCUT2D eigenvalue weighted by molar-refractivity contribution is -0.150. The first-order chi connectivity index (χ1) is 9.48. The molecule has 1 N–H and O–H groups in total. The van der Waals surface area contributed by atoms with Crippen LogP contribution in [0.2, 0.25) is 0 Å². The van der Waals surface area contributed by atoms with Gasteiger partial charge in [0.1, 0.15) is 11.8 Å². The van der Waals surface area contributed by atoms with Gasteiger partial charge in [-0.05, 0) is 38.0 Å². The Morgan fingerprint density at radius 1 is 1.50 bits per heavy atom. The van der Waals surface area contributed by atoms with Crippen LogP contribution >= 0.6 is 0 Å². The van der Waals surface area contributed by atoms with Crippen molar-refractivity contribution in [3.63, 3.8) is 0 Å². The number of fused-ring (bicyclic) bond motifs is 1. The van der Waals surface area contributed by atoms with Crippen LogP contribution in [0.5, 0.6) is 0 Å². The highest BCUT2D eigenvalue weighted by molar-refractivity contribution is 5.73. The van der Waals surface area contributed by atoms with Gasteiger partial charge in [0.25, 0.3) is 0 Å². The highest BCUT2D eigenvalue weighted by Gasteiger charge is 2.54. The van der Waals surface area contributed by atoms with Crippen molar-refractivity contribution in [3.05, 3.63) is 0 Å². The minimum Gasteiger partial charge on any atom is -0.459 e. The maximum absolute atomic E-state index is 13.8. The number of carbonyl (C=O) groups is 1. The molecular formula is C16H27FO3. The van der Waals surface area contributed by atoms with Crippen molar-refractivity contribution in [1.82, 2.24) is 0 Å². The van der Waals surface area contributed by atoms with Crippen LogP contribution in [0.1, 0.15) is 65.2 Å². The summed E-state index contributed by atoms with van der Waals surface area (Å²) in [4.78, 5) is 11.6. The molecule has 20 heavy (non-hydrogen) atoms. The largest absolute Gasteiger partial charge is 0.459 e. The van der Waals surface area contributed by atoms with Gasteiger partial charge in [0.2, 0.25) is 0 Å². The number of aliphatic hydroxyl groups excluding tert-OH is 1. The second-order valence-corrected chi connectivity index (χ2v) is 6.63. The molecule has 1 saturated carbocycles. The molecule has 5 atom stereocenters. The van der Waals surface area contributed by atoms with Crippen molar-refractivity contribution < 1.29 is 19.0 Å². The van der Waals surface area contributed by atoms with Gasteiger partial charge in [-0.15, -0.1) is 0 Å². The number of halogens is 1. The quantitative estimate of drug-likeness (QED) is 0.730. The predicted octanol–water partition coefficient (Wildman–Crippen LogP) is 3.39. The van der Waals surface area contributed by atoms with Crippen LogP contribution < -0.4 is 0 Å². The lowest BCUT2D eigenvalue weighted by Gasteiger charge is -2.30. The molecular weight excluding hydrogens is 259 g/mol. The third-order valence-corrected chi connectivity index (χ3v) is 5.20. The average molecular weight is 286 g/mol. The van der Waals surface area contributed by atoms with Crippen molar-refractivity contribution in [2.24, 2.45) is 11.8 Å². The third-order valence-electron chi connectivity index (χ3n) is 5.20. The van der Waals surface area contributed by atoms with E-state index in [9.17, 15) is 14.3 Å². The van der Waals surface area contributed by atoms with Crippen molar-refractivity contribution in [2.75, 3.05) is 0 Å². The SMILES string of the molecule is CCCC[C@@H](F)[C@H](O)CC[C@@]12CC[C@@H](C)[C@H]1CC(=O)O2. The molecule has 0 radical (unpaired) electrons. The van der Waals surface area contributed by atoms with E-state index >= 15 is 0 Å². The normalized spacial score (nSPS) is 35.7. The Morgan fingerprint density at radius 2 is 2.25 bits per heavy atom. The zero-order valence-corrected chi connectivity index (χ0v) is 12.6. The van der Waals surface area contributed by atoms with Gasteiger partial charge in [0, 0.05) is 5.92 Å². The second kappa shape index (κ2) is 6.42. The number of aliphatic hydroxyl groups is 1. The Bertz CT molecular complexity index is 347. The summed E-state index contributed by atoms with van der Waals surface area (Å²) in [5.74, 6) is 0.620. The Morgan fingerprint density at radius 3 is 2.95 bits per heavy atom. The van der Waals surface area contributed by atoms with E-state index in [0.29, 0.717) is 31.6 Å². The number of hydrogen-bond acceptors (Lipinski definition) is 3.